The van der Waals surface area contributed by atoms with Crippen LogP contribution in [0.4, 0.5) is 0 Å². The summed E-state index contributed by atoms with van der Waals surface area (Å²) in [5.41, 5.74) is 1.21. The minimum Gasteiger partial charge on any atom is -0.309 e. The Morgan fingerprint density at radius 3 is 2.71 bits per heavy atom. The van der Waals surface area contributed by atoms with Crippen LogP contribution in [0.5, 0.6) is 0 Å². The number of hydrogen-bond acceptors (Lipinski definition) is 4. The lowest BCUT2D eigenvalue weighted by Crippen LogP contribution is -2.25. The van der Waals surface area contributed by atoms with Gasteiger partial charge in [0.05, 0.1) is 5.69 Å². The van der Waals surface area contributed by atoms with Crippen LogP contribution in [0.1, 0.15) is 41.3 Å². The number of nitrogens with one attached hydrogen (secondary N) is 1. The predicted octanol–water partition coefficient (Wildman–Crippen LogP) is 2.55. The molecule has 1 aromatic rings. The van der Waals surface area contributed by atoms with E-state index in [0.29, 0.717) is 0 Å². The summed E-state index contributed by atoms with van der Waals surface area (Å²) >= 11 is 1.86. The molecule has 4 heteroatoms. The fourth-order valence-electron chi connectivity index (χ4n) is 2.36. The van der Waals surface area contributed by atoms with Crippen molar-refractivity contribution >= 4 is 11.3 Å². The number of aromatic nitrogens is 1. The maximum Gasteiger partial charge on any atom is 0.107 e. The lowest BCUT2D eigenvalue weighted by Gasteiger charge is -2.10. The molecule has 0 aromatic carbocycles. The Balaban J connectivity index is 1.88. The molecule has 1 fully saturated rings. The monoisotopic (exact) mass is 253 g/mol. The van der Waals surface area contributed by atoms with E-state index in [1.807, 2.05) is 11.3 Å². The van der Waals surface area contributed by atoms with Gasteiger partial charge in [0.1, 0.15) is 5.01 Å². The molecule has 3 nitrogen and oxygen atoms in total. The number of thiazole rings is 1. The van der Waals surface area contributed by atoms with Gasteiger partial charge in [0, 0.05) is 24.0 Å². The number of nitrogens with zero attached hydrogens (tertiary/aromatic N) is 2. The van der Waals surface area contributed by atoms with E-state index in [1.165, 1.54) is 41.3 Å². The third-order valence-corrected chi connectivity index (χ3v) is 4.44. The second-order valence-electron chi connectivity index (χ2n) is 5.22. The Labute approximate surface area is 108 Å². The van der Waals surface area contributed by atoms with Gasteiger partial charge >= 0.3 is 0 Å². The molecule has 0 bridgehead atoms. The van der Waals surface area contributed by atoms with E-state index in [-0.39, 0.29) is 0 Å². The molecule has 96 valence electrons. The minimum atomic E-state index is 0.744. The minimum absolute atomic E-state index is 0.744. The van der Waals surface area contributed by atoms with Crippen molar-refractivity contribution in [3.8, 4) is 0 Å². The molecule has 2 rings (SSSR count). The second-order valence-corrected chi connectivity index (χ2v) is 6.38. The van der Waals surface area contributed by atoms with Crippen LogP contribution in [-0.2, 0) is 13.1 Å². The number of rotatable bonds is 5. The van der Waals surface area contributed by atoms with Gasteiger partial charge in [-0.05, 0) is 33.9 Å². The Morgan fingerprint density at radius 2 is 2.06 bits per heavy atom. The molecule has 0 spiro atoms. The van der Waals surface area contributed by atoms with Crippen molar-refractivity contribution in [1.82, 2.24) is 15.2 Å². The van der Waals surface area contributed by atoms with Crippen LogP contribution < -0.4 is 5.32 Å². The van der Waals surface area contributed by atoms with Gasteiger partial charge in [-0.1, -0.05) is 12.8 Å². The molecule has 0 aliphatic heterocycles. The molecular weight excluding hydrogens is 230 g/mol. The van der Waals surface area contributed by atoms with E-state index < -0.39 is 0 Å². The largest absolute Gasteiger partial charge is 0.309 e. The van der Waals surface area contributed by atoms with Crippen LogP contribution in [0.25, 0.3) is 0 Å². The van der Waals surface area contributed by atoms with Gasteiger partial charge in [0.25, 0.3) is 0 Å². The summed E-state index contributed by atoms with van der Waals surface area (Å²) in [5.74, 6) is 0. The standard InChI is InChI=1S/C13H23N3S/c1-10-12(8-14-11-6-4-5-7-11)17-13(15-10)9-16(2)3/h11,14H,4-9H2,1-3H3. The lowest BCUT2D eigenvalue weighted by atomic mass is 10.2. The predicted molar refractivity (Wildman–Crippen MR) is 73.3 cm³/mol. The van der Waals surface area contributed by atoms with Gasteiger partial charge in [-0.25, -0.2) is 4.98 Å². The summed E-state index contributed by atoms with van der Waals surface area (Å²) in [5, 5.41) is 4.89. The van der Waals surface area contributed by atoms with Crippen LogP contribution in [0.2, 0.25) is 0 Å². The third kappa shape index (κ3) is 3.76. The molecule has 0 unspecified atom stereocenters. The Bertz CT molecular complexity index is 354. The smallest absolute Gasteiger partial charge is 0.107 e. The van der Waals surface area contributed by atoms with Crippen molar-refractivity contribution in [2.75, 3.05) is 14.1 Å². The fourth-order valence-corrected chi connectivity index (χ4v) is 3.50. The van der Waals surface area contributed by atoms with Gasteiger partial charge in [0.2, 0.25) is 0 Å². The zero-order valence-electron chi connectivity index (χ0n) is 11.1. The Hall–Kier alpha value is -0.450. The van der Waals surface area contributed by atoms with Crippen molar-refractivity contribution in [2.24, 2.45) is 0 Å². The molecule has 0 radical (unpaired) electrons. The van der Waals surface area contributed by atoms with E-state index in [4.69, 9.17) is 0 Å². The number of hydrogen-bond donors (Lipinski definition) is 1. The molecule has 1 saturated carbocycles. The SMILES string of the molecule is Cc1nc(CN(C)C)sc1CNC1CCCC1. The van der Waals surface area contributed by atoms with E-state index in [0.717, 1.165) is 19.1 Å². The van der Waals surface area contributed by atoms with Crippen LogP contribution >= 0.6 is 11.3 Å². The first-order valence-corrected chi connectivity index (χ1v) is 7.30. The van der Waals surface area contributed by atoms with Gasteiger partial charge in [-0.2, -0.15) is 0 Å². The zero-order valence-corrected chi connectivity index (χ0v) is 11.9. The molecule has 1 N–H and O–H groups in total. The topological polar surface area (TPSA) is 28.2 Å². The summed E-state index contributed by atoms with van der Waals surface area (Å²) in [6, 6.07) is 0.744. The summed E-state index contributed by atoms with van der Waals surface area (Å²) in [6.45, 7) is 4.08. The zero-order chi connectivity index (χ0) is 12.3. The molecule has 1 aliphatic rings. The van der Waals surface area contributed by atoms with Gasteiger partial charge in [-0.15, -0.1) is 11.3 Å². The van der Waals surface area contributed by atoms with Crippen molar-refractivity contribution in [1.29, 1.82) is 0 Å². The molecule has 1 heterocycles. The van der Waals surface area contributed by atoms with Crippen LogP contribution in [0.3, 0.4) is 0 Å². The Morgan fingerprint density at radius 1 is 1.35 bits per heavy atom. The summed E-state index contributed by atoms with van der Waals surface area (Å²) in [4.78, 5) is 8.22. The Kier molecular flexibility index (Phi) is 4.54. The fraction of sp³-hybridized carbons (Fsp3) is 0.769. The van der Waals surface area contributed by atoms with Gasteiger partial charge in [-0.3, -0.25) is 0 Å². The van der Waals surface area contributed by atoms with Gasteiger partial charge < -0.3 is 10.2 Å². The normalized spacial score (nSPS) is 17.2. The first-order chi connectivity index (χ1) is 8.15. The quantitative estimate of drug-likeness (QED) is 0.874. The van der Waals surface area contributed by atoms with E-state index in [9.17, 15) is 0 Å². The van der Waals surface area contributed by atoms with Crippen molar-refractivity contribution in [2.45, 2.75) is 51.7 Å². The maximum atomic E-state index is 4.63. The average Bonchev–Trinajstić information content (AvgIpc) is 2.84. The highest BCUT2D eigenvalue weighted by Crippen LogP contribution is 2.21. The van der Waals surface area contributed by atoms with Crippen LogP contribution in [0.15, 0.2) is 0 Å². The summed E-state index contributed by atoms with van der Waals surface area (Å²) < 4.78 is 0. The third-order valence-electron chi connectivity index (χ3n) is 3.29. The van der Waals surface area contributed by atoms with Crippen molar-refractivity contribution < 1.29 is 0 Å². The molecule has 1 aromatic heterocycles. The molecular formula is C13H23N3S. The van der Waals surface area contributed by atoms with Crippen molar-refractivity contribution in [3.05, 3.63) is 15.6 Å². The van der Waals surface area contributed by atoms with Crippen LogP contribution in [0, 0.1) is 6.92 Å². The van der Waals surface area contributed by atoms with E-state index in [1.54, 1.807) is 0 Å². The van der Waals surface area contributed by atoms with Crippen molar-refractivity contribution in [3.63, 3.8) is 0 Å². The van der Waals surface area contributed by atoms with Gasteiger partial charge in [0.15, 0.2) is 0 Å². The first-order valence-electron chi connectivity index (χ1n) is 6.48. The highest BCUT2D eigenvalue weighted by atomic mass is 32.1. The highest BCUT2D eigenvalue weighted by Gasteiger charge is 2.15. The molecule has 0 amide bonds. The molecule has 0 saturated heterocycles. The molecule has 1 aliphatic carbocycles. The molecule has 17 heavy (non-hydrogen) atoms. The van der Waals surface area contributed by atoms with Crippen LogP contribution in [-0.4, -0.2) is 30.0 Å². The lowest BCUT2D eigenvalue weighted by molar-refractivity contribution is 0.401. The average molecular weight is 253 g/mol. The maximum absolute atomic E-state index is 4.63. The number of aryl methyl sites for hydroxylation is 1. The highest BCUT2D eigenvalue weighted by molar-refractivity contribution is 7.11. The van der Waals surface area contributed by atoms with E-state index in [2.05, 4.69) is 36.2 Å². The summed E-state index contributed by atoms with van der Waals surface area (Å²) in [6.07, 6.45) is 5.49. The second kappa shape index (κ2) is 5.94. The summed E-state index contributed by atoms with van der Waals surface area (Å²) in [7, 11) is 4.18. The molecule has 0 atom stereocenters. The first kappa shape index (κ1) is 13.0. The van der Waals surface area contributed by atoms with E-state index >= 15 is 0 Å².